The summed E-state index contributed by atoms with van der Waals surface area (Å²) in [4.78, 5) is 39.8. The molecule has 1 aliphatic heterocycles. The van der Waals surface area contributed by atoms with Gasteiger partial charge in [0.05, 0.1) is 6.54 Å². The van der Waals surface area contributed by atoms with Crippen LogP contribution in [0.4, 0.5) is 0 Å². The van der Waals surface area contributed by atoms with E-state index in [2.05, 4.69) is 10.6 Å². The van der Waals surface area contributed by atoms with Crippen LogP contribution in [0.25, 0.3) is 0 Å². The Kier molecular flexibility index (Phi) is 9.48. The van der Waals surface area contributed by atoms with E-state index in [0.29, 0.717) is 43.2 Å². The second-order valence-electron chi connectivity index (χ2n) is 8.27. The second-order valence-corrected chi connectivity index (χ2v) is 8.27. The molecule has 0 aromatic heterocycles. The molecule has 0 spiro atoms. The Morgan fingerprint density at radius 3 is 2.51 bits per heavy atom. The minimum Gasteiger partial charge on any atom is -0.454 e. The highest BCUT2D eigenvalue weighted by molar-refractivity contribution is 5.90. The molecule has 0 bridgehead atoms. The fourth-order valence-corrected chi connectivity index (χ4v) is 3.71. The molecule has 3 rings (SSSR count). The number of fused-ring (bicyclic) bond motifs is 1. The molecule has 2 aromatic rings. The van der Waals surface area contributed by atoms with Crippen molar-refractivity contribution in [1.82, 2.24) is 15.5 Å². The molecule has 0 unspecified atom stereocenters. The summed E-state index contributed by atoms with van der Waals surface area (Å²) >= 11 is 0. The van der Waals surface area contributed by atoms with Gasteiger partial charge in [0.15, 0.2) is 11.5 Å². The van der Waals surface area contributed by atoms with Gasteiger partial charge in [-0.15, -0.1) is 0 Å². The van der Waals surface area contributed by atoms with Crippen LogP contribution in [0, 0.1) is 6.92 Å². The summed E-state index contributed by atoms with van der Waals surface area (Å²) in [6.45, 7) is 6.84. The molecule has 9 heteroatoms. The van der Waals surface area contributed by atoms with E-state index >= 15 is 0 Å². The third kappa shape index (κ3) is 7.45. The second kappa shape index (κ2) is 12.8. The fraction of sp³-hybridized carbons (Fsp3) is 0.423. The van der Waals surface area contributed by atoms with E-state index in [1.54, 1.807) is 12.1 Å². The van der Waals surface area contributed by atoms with Crippen molar-refractivity contribution in [2.24, 2.45) is 0 Å². The number of amides is 3. The minimum absolute atomic E-state index is 0.139. The smallest absolute Gasteiger partial charge is 0.247 e. The Balaban J connectivity index is 1.90. The molecule has 2 aromatic carbocycles. The molecule has 188 valence electrons. The number of nitrogens with zero attached hydrogens (tertiary/aromatic N) is 1. The molecule has 0 saturated carbocycles. The van der Waals surface area contributed by atoms with Gasteiger partial charge in [0.1, 0.15) is 6.04 Å². The predicted molar refractivity (Wildman–Crippen MR) is 130 cm³/mol. The lowest BCUT2D eigenvalue weighted by molar-refractivity contribution is -0.141. The normalized spacial score (nSPS) is 12.7. The Morgan fingerprint density at radius 2 is 1.80 bits per heavy atom. The lowest BCUT2D eigenvalue weighted by Crippen LogP contribution is -2.47. The van der Waals surface area contributed by atoms with Gasteiger partial charge < -0.3 is 29.7 Å². The number of hydrogen-bond donors (Lipinski definition) is 2. The van der Waals surface area contributed by atoms with Crippen LogP contribution in [-0.4, -0.2) is 55.7 Å². The van der Waals surface area contributed by atoms with Crippen LogP contribution < -0.4 is 20.1 Å². The van der Waals surface area contributed by atoms with Gasteiger partial charge in [0.2, 0.25) is 24.5 Å². The molecule has 0 fully saturated rings. The molecule has 35 heavy (non-hydrogen) atoms. The standard InChI is InChI=1S/C26H33N3O6/c1-4-33-13-5-12-27-26(32)25(21-9-6-18(2)7-10-21)29(24(31)15-28-19(3)30)16-20-8-11-22-23(14-20)35-17-34-22/h6-11,14,25H,4-5,12-13,15-17H2,1-3H3,(H,27,32)(H,28,30)/t25-/m1/s1. The summed E-state index contributed by atoms with van der Waals surface area (Å²) in [5, 5.41) is 5.49. The van der Waals surface area contributed by atoms with Crippen molar-refractivity contribution in [3.8, 4) is 11.5 Å². The zero-order chi connectivity index (χ0) is 25.2. The lowest BCUT2D eigenvalue weighted by atomic mass is 10.0. The first kappa shape index (κ1) is 26.0. The van der Waals surface area contributed by atoms with E-state index < -0.39 is 6.04 Å². The molecule has 1 atom stereocenters. The molecule has 3 amide bonds. The lowest BCUT2D eigenvalue weighted by Gasteiger charge is -2.32. The maximum absolute atomic E-state index is 13.4. The van der Waals surface area contributed by atoms with E-state index in [9.17, 15) is 14.4 Å². The Morgan fingerprint density at radius 1 is 1.06 bits per heavy atom. The molecular formula is C26H33N3O6. The summed E-state index contributed by atoms with van der Waals surface area (Å²) in [7, 11) is 0. The number of hydrogen-bond acceptors (Lipinski definition) is 6. The van der Waals surface area contributed by atoms with Gasteiger partial charge in [-0.2, -0.15) is 0 Å². The van der Waals surface area contributed by atoms with Crippen molar-refractivity contribution >= 4 is 17.7 Å². The zero-order valence-electron chi connectivity index (χ0n) is 20.5. The van der Waals surface area contributed by atoms with Gasteiger partial charge in [0, 0.05) is 33.2 Å². The van der Waals surface area contributed by atoms with E-state index in [1.807, 2.05) is 44.2 Å². The Bertz CT molecular complexity index is 1020. The van der Waals surface area contributed by atoms with Crippen LogP contribution in [0.1, 0.15) is 43.0 Å². The van der Waals surface area contributed by atoms with Crippen molar-refractivity contribution < 1.29 is 28.6 Å². The van der Waals surface area contributed by atoms with Crippen LogP contribution in [0.3, 0.4) is 0 Å². The Labute approximate surface area is 205 Å². The van der Waals surface area contributed by atoms with Gasteiger partial charge in [-0.1, -0.05) is 35.9 Å². The van der Waals surface area contributed by atoms with Crippen LogP contribution in [-0.2, 0) is 25.7 Å². The number of carbonyl (C=O) groups excluding carboxylic acids is 3. The number of rotatable bonds is 12. The molecule has 1 aliphatic rings. The van der Waals surface area contributed by atoms with Gasteiger partial charge in [-0.3, -0.25) is 14.4 Å². The van der Waals surface area contributed by atoms with E-state index in [4.69, 9.17) is 14.2 Å². The topological polar surface area (TPSA) is 106 Å². The van der Waals surface area contributed by atoms with Crippen LogP contribution in [0.15, 0.2) is 42.5 Å². The third-order valence-electron chi connectivity index (χ3n) is 5.52. The fourth-order valence-electron chi connectivity index (χ4n) is 3.71. The molecule has 2 N–H and O–H groups in total. The van der Waals surface area contributed by atoms with Crippen molar-refractivity contribution in [2.45, 2.75) is 39.8 Å². The van der Waals surface area contributed by atoms with E-state index in [-0.39, 0.29) is 37.6 Å². The summed E-state index contributed by atoms with van der Waals surface area (Å²) in [6.07, 6.45) is 0.655. The van der Waals surface area contributed by atoms with Crippen molar-refractivity contribution in [3.05, 3.63) is 59.2 Å². The molecule has 0 saturated heterocycles. The van der Waals surface area contributed by atoms with Gasteiger partial charge in [-0.05, 0) is 43.5 Å². The summed E-state index contributed by atoms with van der Waals surface area (Å²) in [5.41, 5.74) is 2.48. The highest BCUT2D eigenvalue weighted by Gasteiger charge is 2.32. The summed E-state index contributed by atoms with van der Waals surface area (Å²) < 4.78 is 16.2. The highest BCUT2D eigenvalue weighted by Crippen LogP contribution is 2.34. The summed E-state index contributed by atoms with van der Waals surface area (Å²) in [5.74, 6) is 0.208. The van der Waals surface area contributed by atoms with E-state index in [0.717, 1.165) is 11.1 Å². The minimum atomic E-state index is -0.894. The van der Waals surface area contributed by atoms with Crippen LogP contribution in [0.5, 0.6) is 11.5 Å². The zero-order valence-corrected chi connectivity index (χ0v) is 20.5. The van der Waals surface area contributed by atoms with Gasteiger partial charge in [-0.25, -0.2) is 0 Å². The monoisotopic (exact) mass is 483 g/mol. The average Bonchev–Trinajstić information content (AvgIpc) is 3.31. The first-order valence-electron chi connectivity index (χ1n) is 11.7. The van der Waals surface area contributed by atoms with Gasteiger partial charge >= 0.3 is 0 Å². The highest BCUT2D eigenvalue weighted by atomic mass is 16.7. The van der Waals surface area contributed by atoms with Gasteiger partial charge in [0.25, 0.3) is 0 Å². The number of aryl methyl sites for hydroxylation is 1. The van der Waals surface area contributed by atoms with Crippen molar-refractivity contribution in [1.29, 1.82) is 0 Å². The number of benzene rings is 2. The van der Waals surface area contributed by atoms with E-state index in [1.165, 1.54) is 11.8 Å². The van der Waals surface area contributed by atoms with Crippen molar-refractivity contribution in [3.63, 3.8) is 0 Å². The SMILES string of the molecule is CCOCCCNC(=O)[C@@H](c1ccc(C)cc1)N(Cc1ccc2c(c1)OCO2)C(=O)CNC(C)=O. The molecule has 0 aliphatic carbocycles. The maximum Gasteiger partial charge on any atom is 0.247 e. The molecular weight excluding hydrogens is 450 g/mol. The summed E-state index contributed by atoms with van der Waals surface area (Å²) in [6, 6.07) is 12.0. The quantitative estimate of drug-likeness (QED) is 0.450. The van der Waals surface area contributed by atoms with Crippen LogP contribution in [0.2, 0.25) is 0 Å². The first-order chi connectivity index (χ1) is 16.9. The Hall–Kier alpha value is -3.59. The van der Waals surface area contributed by atoms with Crippen LogP contribution >= 0.6 is 0 Å². The average molecular weight is 484 g/mol. The predicted octanol–water partition coefficient (Wildman–Crippen LogP) is 2.47. The molecule has 0 radical (unpaired) electrons. The third-order valence-corrected chi connectivity index (χ3v) is 5.52. The number of ether oxygens (including phenoxy) is 3. The molecule has 9 nitrogen and oxygen atoms in total. The number of carbonyl (C=O) groups is 3. The largest absolute Gasteiger partial charge is 0.454 e. The molecule has 1 heterocycles. The van der Waals surface area contributed by atoms with Crippen molar-refractivity contribution in [2.75, 3.05) is 33.1 Å². The maximum atomic E-state index is 13.4. The first-order valence-corrected chi connectivity index (χ1v) is 11.7. The number of nitrogens with one attached hydrogen (secondary N) is 2.